The summed E-state index contributed by atoms with van der Waals surface area (Å²) < 4.78 is 5.13. The van der Waals surface area contributed by atoms with Gasteiger partial charge >= 0.3 is 0 Å². The van der Waals surface area contributed by atoms with Crippen LogP contribution in [0.25, 0.3) is 0 Å². The lowest BCUT2D eigenvalue weighted by molar-refractivity contribution is 0.404. The number of para-hydroxylation sites is 1. The molecule has 1 rings (SSSR count). The van der Waals surface area contributed by atoms with Gasteiger partial charge in [0.05, 0.1) is 12.7 Å². The van der Waals surface area contributed by atoms with Crippen LogP contribution in [-0.4, -0.2) is 13.7 Å². The van der Waals surface area contributed by atoms with Gasteiger partial charge in [-0.1, -0.05) is 12.1 Å². The van der Waals surface area contributed by atoms with Gasteiger partial charge in [-0.25, -0.2) is 0 Å². The molecule has 4 heteroatoms. The zero-order valence-corrected chi connectivity index (χ0v) is 8.03. The molecule has 0 aliphatic rings. The van der Waals surface area contributed by atoms with Crippen molar-refractivity contribution in [2.24, 2.45) is 11.5 Å². The van der Waals surface area contributed by atoms with Crippen molar-refractivity contribution in [2.45, 2.75) is 6.04 Å². The molecule has 0 saturated carbocycles. The first kappa shape index (κ1) is 10.5. The van der Waals surface area contributed by atoms with Gasteiger partial charge in [0.15, 0.2) is 0 Å². The van der Waals surface area contributed by atoms with Crippen molar-refractivity contribution in [1.29, 1.82) is 5.26 Å². The van der Waals surface area contributed by atoms with E-state index in [2.05, 4.69) is 0 Å². The first-order chi connectivity index (χ1) is 6.74. The summed E-state index contributed by atoms with van der Waals surface area (Å²) in [4.78, 5) is 0. The summed E-state index contributed by atoms with van der Waals surface area (Å²) in [7, 11) is 1.52. The van der Waals surface area contributed by atoms with Crippen LogP contribution < -0.4 is 16.2 Å². The van der Waals surface area contributed by atoms with Crippen LogP contribution >= 0.6 is 0 Å². The topological polar surface area (TPSA) is 85.1 Å². The van der Waals surface area contributed by atoms with E-state index in [-0.39, 0.29) is 6.04 Å². The Morgan fingerprint density at radius 2 is 2.29 bits per heavy atom. The molecule has 1 aromatic rings. The van der Waals surface area contributed by atoms with Crippen LogP contribution in [0.4, 0.5) is 0 Å². The number of nitriles is 1. The number of hydrogen-bond donors (Lipinski definition) is 2. The second kappa shape index (κ2) is 4.61. The van der Waals surface area contributed by atoms with E-state index in [4.69, 9.17) is 21.5 Å². The SMILES string of the molecule is COc1c(C#N)cccc1[C@H](N)CN. The molecule has 1 aromatic carbocycles. The summed E-state index contributed by atoms with van der Waals surface area (Å²) in [5, 5.41) is 8.83. The van der Waals surface area contributed by atoms with Crippen molar-refractivity contribution in [3.8, 4) is 11.8 Å². The second-order valence-corrected chi connectivity index (χ2v) is 2.88. The number of benzene rings is 1. The molecule has 0 fully saturated rings. The Hall–Kier alpha value is -1.57. The Bertz CT molecular complexity index is 357. The standard InChI is InChI=1S/C10H13N3O/c1-14-10-7(5-11)3-2-4-8(10)9(13)6-12/h2-4,9H,6,12-13H2,1H3/t9-/m1/s1. The molecular weight excluding hydrogens is 178 g/mol. The minimum absolute atomic E-state index is 0.293. The smallest absolute Gasteiger partial charge is 0.141 e. The first-order valence-corrected chi connectivity index (χ1v) is 4.27. The van der Waals surface area contributed by atoms with E-state index in [9.17, 15) is 0 Å². The van der Waals surface area contributed by atoms with Gasteiger partial charge in [-0.05, 0) is 6.07 Å². The highest BCUT2D eigenvalue weighted by molar-refractivity contribution is 5.49. The van der Waals surface area contributed by atoms with Gasteiger partial charge in [-0.2, -0.15) is 5.26 Å². The summed E-state index contributed by atoms with van der Waals surface area (Å²) in [6.07, 6.45) is 0. The molecular formula is C10H13N3O. The van der Waals surface area contributed by atoms with Crippen molar-refractivity contribution >= 4 is 0 Å². The number of ether oxygens (including phenoxy) is 1. The van der Waals surface area contributed by atoms with Crippen molar-refractivity contribution in [1.82, 2.24) is 0 Å². The van der Waals surface area contributed by atoms with E-state index >= 15 is 0 Å². The fourth-order valence-electron chi connectivity index (χ4n) is 1.29. The minimum Gasteiger partial charge on any atom is -0.495 e. The Labute approximate surface area is 83.1 Å². The monoisotopic (exact) mass is 191 g/mol. The van der Waals surface area contributed by atoms with E-state index in [1.165, 1.54) is 7.11 Å². The van der Waals surface area contributed by atoms with E-state index in [0.717, 1.165) is 5.56 Å². The lowest BCUT2D eigenvalue weighted by Gasteiger charge is -2.14. The van der Waals surface area contributed by atoms with Crippen LogP contribution in [0.3, 0.4) is 0 Å². The van der Waals surface area contributed by atoms with Crippen LogP contribution in [0.15, 0.2) is 18.2 Å². The van der Waals surface area contributed by atoms with Gasteiger partial charge in [0.1, 0.15) is 11.8 Å². The van der Waals surface area contributed by atoms with E-state index < -0.39 is 0 Å². The number of hydrogen-bond acceptors (Lipinski definition) is 4. The predicted octanol–water partition coefficient (Wildman–Crippen LogP) is 0.525. The van der Waals surface area contributed by atoms with Crippen LogP contribution in [0, 0.1) is 11.3 Å². The summed E-state index contributed by atoms with van der Waals surface area (Å²) in [5.41, 5.74) is 12.5. The zero-order chi connectivity index (χ0) is 10.6. The highest BCUT2D eigenvalue weighted by Crippen LogP contribution is 2.26. The highest BCUT2D eigenvalue weighted by Gasteiger charge is 2.13. The van der Waals surface area contributed by atoms with Crippen molar-refractivity contribution in [3.63, 3.8) is 0 Å². The van der Waals surface area contributed by atoms with Crippen LogP contribution in [-0.2, 0) is 0 Å². The number of methoxy groups -OCH3 is 1. The quantitative estimate of drug-likeness (QED) is 0.729. The van der Waals surface area contributed by atoms with Gasteiger partial charge in [-0.15, -0.1) is 0 Å². The van der Waals surface area contributed by atoms with Crippen LogP contribution in [0.1, 0.15) is 17.2 Å². The fourth-order valence-corrected chi connectivity index (χ4v) is 1.29. The molecule has 0 amide bonds. The maximum Gasteiger partial charge on any atom is 0.141 e. The Morgan fingerprint density at radius 3 is 2.79 bits per heavy atom. The minimum atomic E-state index is -0.293. The molecule has 0 spiro atoms. The summed E-state index contributed by atoms with van der Waals surface area (Å²) in [6.45, 7) is 0.325. The van der Waals surface area contributed by atoms with Gasteiger partial charge < -0.3 is 16.2 Å². The van der Waals surface area contributed by atoms with E-state index in [0.29, 0.717) is 17.9 Å². The van der Waals surface area contributed by atoms with Gasteiger partial charge in [0.25, 0.3) is 0 Å². The normalized spacial score (nSPS) is 11.9. The van der Waals surface area contributed by atoms with Crippen LogP contribution in [0.5, 0.6) is 5.75 Å². The predicted molar refractivity (Wildman–Crippen MR) is 53.7 cm³/mol. The Morgan fingerprint density at radius 1 is 1.57 bits per heavy atom. The third-order valence-electron chi connectivity index (χ3n) is 2.02. The lowest BCUT2D eigenvalue weighted by Crippen LogP contribution is -2.21. The molecule has 0 bridgehead atoms. The molecule has 0 saturated heterocycles. The number of nitrogens with zero attached hydrogens (tertiary/aromatic N) is 1. The number of rotatable bonds is 3. The van der Waals surface area contributed by atoms with E-state index in [1.807, 2.05) is 12.1 Å². The average molecular weight is 191 g/mol. The molecule has 1 atom stereocenters. The molecule has 4 N–H and O–H groups in total. The van der Waals surface area contributed by atoms with Gasteiger partial charge in [-0.3, -0.25) is 0 Å². The molecule has 0 aliphatic carbocycles. The fraction of sp³-hybridized carbons (Fsp3) is 0.300. The zero-order valence-electron chi connectivity index (χ0n) is 8.03. The van der Waals surface area contributed by atoms with Crippen molar-refractivity contribution in [2.75, 3.05) is 13.7 Å². The molecule has 0 aromatic heterocycles. The summed E-state index contributed by atoms with van der Waals surface area (Å²) in [5.74, 6) is 0.521. The molecule has 0 heterocycles. The molecule has 0 radical (unpaired) electrons. The second-order valence-electron chi connectivity index (χ2n) is 2.88. The highest BCUT2D eigenvalue weighted by atomic mass is 16.5. The van der Waals surface area contributed by atoms with Crippen molar-refractivity contribution in [3.05, 3.63) is 29.3 Å². The lowest BCUT2D eigenvalue weighted by atomic mass is 10.0. The molecule has 0 aliphatic heterocycles. The van der Waals surface area contributed by atoms with Crippen LogP contribution in [0.2, 0.25) is 0 Å². The third-order valence-corrected chi connectivity index (χ3v) is 2.02. The number of nitrogens with two attached hydrogens (primary N) is 2. The van der Waals surface area contributed by atoms with Gasteiger partial charge in [0, 0.05) is 18.2 Å². The molecule has 4 nitrogen and oxygen atoms in total. The average Bonchev–Trinajstić information content (AvgIpc) is 2.26. The molecule has 14 heavy (non-hydrogen) atoms. The summed E-state index contributed by atoms with van der Waals surface area (Å²) >= 11 is 0. The van der Waals surface area contributed by atoms with Gasteiger partial charge in [0.2, 0.25) is 0 Å². The Balaban J connectivity index is 3.23. The van der Waals surface area contributed by atoms with E-state index in [1.54, 1.807) is 12.1 Å². The maximum absolute atomic E-state index is 8.83. The third kappa shape index (κ3) is 1.84. The maximum atomic E-state index is 8.83. The Kier molecular flexibility index (Phi) is 3.46. The largest absolute Gasteiger partial charge is 0.495 e. The summed E-state index contributed by atoms with van der Waals surface area (Å²) in [6, 6.07) is 7.02. The van der Waals surface area contributed by atoms with Crippen molar-refractivity contribution < 1.29 is 4.74 Å². The first-order valence-electron chi connectivity index (χ1n) is 4.27. The molecule has 0 unspecified atom stereocenters. The molecule has 74 valence electrons.